The van der Waals surface area contributed by atoms with Crippen molar-refractivity contribution in [2.45, 2.75) is 18.9 Å². The molecule has 0 atom stereocenters. The van der Waals surface area contributed by atoms with E-state index in [4.69, 9.17) is 16.3 Å². The molecule has 1 aromatic heterocycles. The van der Waals surface area contributed by atoms with E-state index >= 15 is 0 Å². The summed E-state index contributed by atoms with van der Waals surface area (Å²) < 4.78 is 4.99. The van der Waals surface area contributed by atoms with Crippen LogP contribution in [0.5, 0.6) is 0 Å². The molecule has 0 unspecified atom stereocenters. The lowest BCUT2D eigenvalue weighted by Crippen LogP contribution is -2.15. The van der Waals surface area contributed by atoms with Gasteiger partial charge in [0.25, 0.3) is 0 Å². The Bertz CT molecular complexity index is 752. The fourth-order valence-electron chi connectivity index (χ4n) is 1.87. The summed E-state index contributed by atoms with van der Waals surface area (Å²) >= 11 is 7.22. The summed E-state index contributed by atoms with van der Waals surface area (Å²) in [6, 6.07) is 8.61. The van der Waals surface area contributed by atoms with Crippen LogP contribution < -0.4 is 5.32 Å². The second kappa shape index (κ2) is 8.70. The highest BCUT2D eigenvalue weighted by molar-refractivity contribution is 8.00. The van der Waals surface area contributed by atoms with Crippen molar-refractivity contribution in [2.75, 3.05) is 17.7 Å². The number of esters is 1. The lowest BCUT2D eigenvalue weighted by Gasteiger charge is -2.08. The van der Waals surface area contributed by atoms with Crippen LogP contribution in [-0.2, 0) is 9.53 Å². The fraction of sp³-hybridized carbons (Fsp3) is 0.235. The van der Waals surface area contributed by atoms with E-state index in [0.29, 0.717) is 21.3 Å². The van der Waals surface area contributed by atoms with E-state index < -0.39 is 5.97 Å². The number of carbonyl (C=O) groups is 2. The summed E-state index contributed by atoms with van der Waals surface area (Å²) in [5.74, 6) is -0.534. The average molecular weight is 365 g/mol. The molecule has 0 spiro atoms. The van der Waals surface area contributed by atoms with Gasteiger partial charge in [0.2, 0.25) is 5.91 Å². The number of thioether (sulfide) groups is 1. The van der Waals surface area contributed by atoms with E-state index in [2.05, 4.69) is 10.3 Å². The minimum Gasteiger partial charge on any atom is -0.462 e. The van der Waals surface area contributed by atoms with Crippen molar-refractivity contribution in [3.05, 3.63) is 52.7 Å². The molecule has 0 aliphatic heterocycles. The maximum absolute atomic E-state index is 12.1. The van der Waals surface area contributed by atoms with Crippen molar-refractivity contribution in [3.8, 4) is 0 Å². The molecule has 0 aliphatic carbocycles. The summed E-state index contributed by atoms with van der Waals surface area (Å²) in [5.41, 5.74) is 1.93. The van der Waals surface area contributed by atoms with Gasteiger partial charge >= 0.3 is 5.97 Å². The number of amides is 1. The quantitative estimate of drug-likeness (QED) is 0.620. The third kappa shape index (κ3) is 4.97. The molecule has 0 fully saturated rings. The largest absolute Gasteiger partial charge is 0.462 e. The molecule has 0 saturated heterocycles. The molecule has 126 valence electrons. The van der Waals surface area contributed by atoms with E-state index in [0.717, 1.165) is 5.56 Å². The molecule has 1 heterocycles. The van der Waals surface area contributed by atoms with Gasteiger partial charge in [-0.15, -0.1) is 0 Å². The first-order valence-corrected chi connectivity index (χ1v) is 8.68. The van der Waals surface area contributed by atoms with Gasteiger partial charge in [-0.25, -0.2) is 9.78 Å². The van der Waals surface area contributed by atoms with Crippen LogP contribution in [-0.4, -0.2) is 29.2 Å². The molecule has 2 rings (SSSR count). The molecular weight excluding hydrogens is 348 g/mol. The lowest BCUT2D eigenvalue weighted by atomic mass is 10.2. The number of ether oxygens (including phenoxy) is 1. The Morgan fingerprint density at radius 2 is 2.12 bits per heavy atom. The topological polar surface area (TPSA) is 68.3 Å². The van der Waals surface area contributed by atoms with Crippen molar-refractivity contribution in [1.29, 1.82) is 0 Å². The Kier molecular flexibility index (Phi) is 6.63. The number of benzene rings is 1. The Balaban J connectivity index is 1.99. The minimum absolute atomic E-state index is 0.120. The number of hydrogen-bond acceptors (Lipinski definition) is 5. The molecule has 0 saturated carbocycles. The van der Waals surface area contributed by atoms with Gasteiger partial charge in [0.1, 0.15) is 5.03 Å². The summed E-state index contributed by atoms with van der Waals surface area (Å²) in [4.78, 5) is 28.1. The van der Waals surface area contributed by atoms with E-state index in [9.17, 15) is 9.59 Å². The number of rotatable bonds is 6. The van der Waals surface area contributed by atoms with Gasteiger partial charge in [0.05, 0.1) is 17.9 Å². The SMILES string of the molecule is CCOC(=O)c1cccnc1SCC(=O)Nc1ccc(C)c(Cl)c1. The zero-order valence-electron chi connectivity index (χ0n) is 13.3. The first kappa shape index (κ1) is 18.3. The molecule has 24 heavy (non-hydrogen) atoms. The van der Waals surface area contributed by atoms with Crippen LogP contribution in [0.1, 0.15) is 22.8 Å². The van der Waals surface area contributed by atoms with E-state index in [1.54, 1.807) is 37.4 Å². The van der Waals surface area contributed by atoms with Crippen molar-refractivity contribution < 1.29 is 14.3 Å². The van der Waals surface area contributed by atoms with Crippen LogP contribution >= 0.6 is 23.4 Å². The predicted molar refractivity (Wildman–Crippen MR) is 95.7 cm³/mol. The van der Waals surface area contributed by atoms with Gasteiger partial charge in [0.15, 0.2) is 0 Å². The zero-order valence-corrected chi connectivity index (χ0v) is 14.9. The number of nitrogens with zero attached hydrogens (tertiary/aromatic N) is 1. The zero-order chi connectivity index (χ0) is 17.5. The number of aryl methyl sites for hydroxylation is 1. The highest BCUT2D eigenvalue weighted by Crippen LogP contribution is 2.23. The van der Waals surface area contributed by atoms with E-state index in [1.807, 2.05) is 13.0 Å². The normalized spacial score (nSPS) is 10.3. The Labute approximate surface area is 149 Å². The molecule has 1 amide bonds. The first-order valence-electron chi connectivity index (χ1n) is 7.32. The summed E-state index contributed by atoms with van der Waals surface area (Å²) in [6.07, 6.45) is 1.57. The van der Waals surface area contributed by atoms with Crippen molar-refractivity contribution >= 4 is 40.9 Å². The molecule has 1 N–H and O–H groups in total. The van der Waals surface area contributed by atoms with E-state index in [-0.39, 0.29) is 18.3 Å². The number of carbonyl (C=O) groups excluding carboxylic acids is 2. The lowest BCUT2D eigenvalue weighted by molar-refractivity contribution is -0.113. The summed E-state index contributed by atoms with van der Waals surface area (Å²) in [5, 5.41) is 3.82. The Hall–Kier alpha value is -2.05. The highest BCUT2D eigenvalue weighted by atomic mass is 35.5. The number of halogens is 1. The van der Waals surface area contributed by atoms with Crippen molar-refractivity contribution in [3.63, 3.8) is 0 Å². The first-order chi connectivity index (χ1) is 11.5. The number of pyridine rings is 1. The van der Waals surface area contributed by atoms with Crippen LogP contribution in [0, 0.1) is 6.92 Å². The molecule has 0 aliphatic rings. The van der Waals surface area contributed by atoms with E-state index in [1.165, 1.54) is 11.8 Å². The van der Waals surface area contributed by atoms with Crippen LogP contribution in [0.25, 0.3) is 0 Å². The molecule has 2 aromatic rings. The van der Waals surface area contributed by atoms with Gasteiger partial charge in [0, 0.05) is 16.9 Å². The maximum atomic E-state index is 12.1. The van der Waals surface area contributed by atoms with Gasteiger partial charge < -0.3 is 10.1 Å². The number of nitrogens with one attached hydrogen (secondary N) is 1. The van der Waals surface area contributed by atoms with Crippen LogP contribution in [0.2, 0.25) is 5.02 Å². The summed E-state index contributed by atoms with van der Waals surface area (Å²) in [7, 11) is 0. The standard InChI is InChI=1S/C17H17ClN2O3S/c1-3-23-17(22)13-5-4-8-19-16(13)24-10-15(21)20-12-7-6-11(2)14(18)9-12/h4-9H,3,10H2,1-2H3,(H,20,21). The van der Waals surface area contributed by atoms with Gasteiger partial charge in [-0.2, -0.15) is 0 Å². The minimum atomic E-state index is -0.446. The number of hydrogen-bond donors (Lipinski definition) is 1. The van der Waals surface area contributed by atoms with Crippen LogP contribution in [0.4, 0.5) is 5.69 Å². The highest BCUT2D eigenvalue weighted by Gasteiger charge is 2.15. The maximum Gasteiger partial charge on any atom is 0.340 e. The molecule has 0 bridgehead atoms. The molecule has 5 nitrogen and oxygen atoms in total. The average Bonchev–Trinajstić information content (AvgIpc) is 2.57. The second-order valence-corrected chi connectivity index (χ2v) is 6.25. The number of anilines is 1. The predicted octanol–water partition coefficient (Wildman–Crippen LogP) is 3.95. The summed E-state index contributed by atoms with van der Waals surface area (Å²) in [6.45, 7) is 3.91. The fourth-order valence-corrected chi connectivity index (χ4v) is 2.83. The molecule has 0 radical (unpaired) electrons. The van der Waals surface area contributed by atoms with Gasteiger partial charge in [-0.05, 0) is 43.7 Å². The monoisotopic (exact) mass is 364 g/mol. The Morgan fingerprint density at radius 1 is 1.33 bits per heavy atom. The molecule has 7 heteroatoms. The van der Waals surface area contributed by atoms with Crippen molar-refractivity contribution in [2.24, 2.45) is 0 Å². The molecule has 1 aromatic carbocycles. The van der Waals surface area contributed by atoms with Gasteiger partial charge in [-0.3, -0.25) is 4.79 Å². The van der Waals surface area contributed by atoms with Crippen LogP contribution in [0.15, 0.2) is 41.6 Å². The van der Waals surface area contributed by atoms with Gasteiger partial charge in [-0.1, -0.05) is 29.4 Å². The third-order valence-corrected chi connectivity index (χ3v) is 4.47. The third-order valence-electron chi connectivity index (χ3n) is 3.06. The van der Waals surface area contributed by atoms with Crippen LogP contribution in [0.3, 0.4) is 0 Å². The Morgan fingerprint density at radius 3 is 2.83 bits per heavy atom. The number of aromatic nitrogens is 1. The van der Waals surface area contributed by atoms with Crippen molar-refractivity contribution in [1.82, 2.24) is 4.98 Å². The second-order valence-electron chi connectivity index (χ2n) is 4.88. The molecular formula is C17H17ClN2O3S. The smallest absolute Gasteiger partial charge is 0.340 e.